The zero-order chi connectivity index (χ0) is 13.1. The molecule has 0 spiro atoms. The maximum absolute atomic E-state index is 11.5. The molecule has 106 valence electrons. The van der Waals surface area contributed by atoms with Crippen molar-refractivity contribution < 1.29 is 9.53 Å². The quantitative estimate of drug-likeness (QED) is 0.577. The molecule has 1 heterocycles. The molecule has 18 heavy (non-hydrogen) atoms. The van der Waals surface area contributed by atoms with Crippen LogP contribution in [0.25, 0.3) is 0 Å². The number of ether oxygens (including phenoxy) is 1. The molecule has 0 saturated carbocycles. The highest BCUT2D eigenvalue weighted by molar-refractivity contribution is 5.69. The molecule has 0 N–H and O–H groups in total. The lowest BCUT2D eigenvalue weighted by atomic mass is 9.97. The molecule has 1 fully saturated rings. The van der Waals surface area contributed by atoms with Gasteiger partial charge in [0.2, 0.25) is 0 Å². The number of carbonyl (C=O) groups is 1. The van der Waals surface area contributed by atoms with Gasteiger partial charge in [0, 0.05) is 6.42 Å². The molecule has 0 amide bonds. The Balaban J connectivity index is 2.21. The molecule has 2 heteroatoms. The summed E-state index contributed by atoms with van der Waals surface area (Å²) in [6, 6.07) is 0. The summed E-state index contributed by atoms with van der Waals surface area (Å²) >= 11 is 0. The highest BCUT2D eigenvalue weighted by Crippen LogP contribution is 2.17. The predicted molar refractivity (Wildman–Crippen MR) is 75.5 cm³/mol. The molecule has 1 aliphatic rings. The van der Waals surface area contributed by atoms with Gasteiger partial charge in [-0.3, -0.25) is 4.79 Å². The summed E-state index contributed by atoms with van der Waals surface area (Å²) in [7, 11) is 0. The topological polar surface area (TPSA) is 26.3 Å². The van der Waals surface area contributed by atoms with Gasteiger partial charge in [-0.1, -0.05) is 64.7 Å². The van der Waals surface area contributed by atoms with Crippen LogP contribution in [0.4, 0.5) is 0 Å². The van der Waals surface area contributed by atoms with Gasteiger partial charge in [-0.15, -0.1) is 0 Å². The molecule has 1 atom stereocenters. The third-order valence-electron chi connectivity index (χ3n) is 3.95. The van der Waals surface area contributed by atoms with Crippen LogP contribution in [-0.2, 0) is 9.53 Å². The summed E-state index contributed by atoms with van der Waals surface area (Å²) in [5.41, 5.74) is 0. The maximum Gasteiger partial charge on any atom is 0.305 e. The summed E-state index contributed by atoms with van der Waals surface area (Å²) in [6.07, 6.45) is 14.7. The lowest BCUT2D eigenvalue weighted by Gasteiger charge is -2.11. The Morgan fingerprint density at radius 1 is 0.833 bits per heavy atom. The number of cyclic esters (lactones) is 1. The van der Waals surface area contributed by atoms with Crippen LogP contribution < -0.4 is 0 Å². The van der Waals surface area contributed by atoms with Crippen LogP contribution in [0.3, 0.4) is 0 Å². The fourth-order valence-electron chi connectivity index (χ4n) is 2.60. The summed E-state index contributed by atoms with van der Waals surface area (Å²) in [6.45, 7) is 2.89. The van der Waals surface area contributed by atoms with E-state index >= 15 is 0 Å². The number of esters is 1. The van der Waals surface area contributed by atoms with Gasteiger partial charge < -0.3 is 4.74 Å². The standard InChI is InChI=1S/C16H30O2/c1-15-11-9-7-5-3-2-4-6-8-10-14-18-16(17)13-12-15/h15H,2-14H2,1H3/t15-/m0/s1. The van der Waals surface area contributed by atoms with Crippen molar-refractivity contribution >= 4 is 5.97 Å². The third kappa shape index (κ3) is 8.54. The van der Waals surface area contributed by atoms with E-state index in [1.54, 1.807) is 0 Å². The second kappa shape index (κ2) is 10.4. The summed E-state index contributed by atoms with van der Waals surface area (Å²) in [5.74, 6) is 0.680. The smallest absolute Gasteiger partial charge is 0.305 e. The van der Waals surface area contributed by atoms with Gasteiger partial charge in [-0.25, -0.2) is 0 Å². The summed E-state index contributed by atoms with van der Waals surface area (Å²) in [4.78, 5) is 11.5. The van der Waals surface area contributed by atoms with Gasteiger partial charge in [0.15, 0.2) is 0 Å². The highest BCUT2D eigenvalue weighted by atomic mass is 16.5. The Bertz CT molecular complexity index is 213. The van der Waals surface area contributed by atoms with Crippen LogP contribution >= 0.6 is 0 Å². The first-order valence-corrected chi connectivity index (χ1v) is 7.94. The molecule has 0 aromatic rings. The second-order valence-electron chi connectivity index (χ2n) is 5.83. The minimum absolute atomic E-state index is 0.00828. The summed E-state index contributed by atoms with van der Waals surface area (Å²) in [5, 5.41) is 0. The Morgan fingerprint density at radius 3 is 2.06 bits per heavy atom. The molecule has 1 rings (SSSR count). The van der Waals surface area contributed by atoms with Crippen molar-refractivity contribution in [2.75, 3.05) is 6.61 Å². The van der Waals surface area contributed by atoms with E-state index < -0.39 is 0 Å². The largest absolute Gasteiger partial charge is 0.466 e. The van der Waals surface area contributed by atoms with Crippen molar-refractivity contribution in [1.82, 2.24) is 0 Å². The molecule has 0 bridgehead atoms. The first-order valence-electron chi connectivity index (χ1n) is 7.94. The van der Waals surface area contributed by atoms with E-state index in [1.807, 2.05) is 0 Å². The first-order chi connectivity index (χ1) is 8.79. The average molecular weight is 254 g/mol. The Morgan fingerprint density at radius 2 is 1.39 bits per heavy atom. The van der Waals surface area contributed by atoms with Gasteiger partial charge in [0.1, 0.15) is 0 Å². The number of rotatable bonds is 0. The average Bonchev–Trinajstić information content (AvgIpc) is 2.36. The minimum Gasteiger partial charge on any atom is -0.466 e. The lowest BCUT2D eigenvalue weighted by molar-refractivity contribution is -0.144. The third-order valence-corrected chi connectivity index (χ3v) is 3.95. The van der Waals surface area contributed by atoms with E-state index in [0.717, 1.165) is 12.8 Å². The number of carbonyl (C=O) groups excluding carboxylic acids is 1. The molecule has 0 aromatic carbocycles. The van der Waals surface area contributed by atoms with Gasteiger partial charge in [0.25, 0.3) is 0 Å². The molecule has 1 saturated heterocycles. The predicted octanol–water partition coefficient (Wildman–Crippen LogP) is 4.86. The van der Waals surface area contributed by atoms with Crippen LogP contribution in [-0.4, -0.2) is 12.6 Å². The van der Waals surface area contributed by atoms with Gasteiger partial charge >= 0.3 is 5.97 Å². The van der Waals surface area contributed by atoms with Crippen LogP contribution in [0.15, 0.2) is 0 Å². The van der Waals surface area contributed by atoms with Crippen molar-refractivity contribution in [3.8, 4) is 0 Å². The van der Waals surface area contributed by atoms with E-state index in [-0.39, 0.29) is 5.97 Å². The monoisotopic (exact) mass is 254 g/mol. The molecule has 0 radical (unpaired) electrons. The van der Waals surface area contributed by atoms with Crippen molar-refractivity contribution in [2.45, 2.75) is 84.0 Å². The number of hydrogen-bond acceptors (Lipinski definition) is 2. The van der Waals surface area contributed by atoms with Crippen molar-refractivity contribution in [2.24, 2.45) is 5.92 Å². The van der Waals surface area contributed by atoms with Crippen LogP contribution in [0.1, 0.15) is 84.0 Å². The fourth-order valence-corrected chi connectivity index (χ4v) is 2.60. The Labute approximate surface area is 112 Å². The first kappa shape index (κ1) is 15.5. The van der Waals surface area contributed by atoms with Crippen LogP contribution in [0, 0.1) is 5.92 Å². The molecular formula is C16H30O2. The van der Waals surface area contributed by atoms with E-state index in [2.05, 4.69) is 6.92 Å². The molecule has 0 aromatic heterocycles. The molecule has 0 aliphatic carbocycles. The van der Waals surface area contributed by atoms with Crippen LogP contribution in [0.5, 0.6) is 0 Å². The zero-order valence-electron chi connectivity index (χ0n) is 12.1. The van der Waals surface area contributed by atoms with Gasteiger partial charge in [-0.2, -0.15) is 0 Å². The molecular weight excluding hydrogens is 224 g/mol. The van der Waals surface area contributed by atoms with E-state index in [9.17, 15) is 4.79 Å². The van der Waals surface area contributed by atoms with E-state index in [1.165, 1.54) is 57.8 Å². The molecule has 0 unspecified atom stereocenters. The van der Waals surface area contributed by atoms with Gasteiger partial charge in [-0.05, 0) is 18.8 Å². The molecule has 1 aliphatic heterocycles. The number of hydrogen-bond donors (Lipinski definition) is 0. The van der Waals surface area contributed by atoms with Crippen molar-refractivity contribution in [3.05, 3.63) is 0 Å². The highest BCUT2D eigenvalue weighted by Gasteiger charge is 2.08. The van der Waals surface area contributed by atoms with Crippen molar-refractivity contribution in [1.29, 1.82) is 0 Å². The maximum atomic E-state index is 11.5. The Hall–Kier alpha value is -0.530. The normalized spacial score (nSPS) is 26.5. The van der Waals surface area contributed by atoms with E-state index in [0.29, 0.717) is 18.9 Å². The fraction of sp³-hybridized carbons (Fsp3) is 0.938. The Kier molecular flexibility index (Phi) is 8.97. The second-order valence-corrected chi connectivity index (χ2v) is 5.83. The van der Waals surface area contributed by atoms with Crippen molar-refractivity contribution in [3.63, 3.8) is 0 Å². The van der Waals surface area contributed by atoms with Gasteiger partial charge in [0.05, 0.1) is 6.61 Å². The van der Waals surface area contributed by atoms with E-state index in [4.69, 9.17) is 4.74 Å². The summed E-state index contributed by atoms with van der Waals surface area (Å²) < 4.78 is 5.25. The molecule has 2 nitrogen and oxygen atoms in total. The zero-order valence-corrected chi connectivity index (χ0v) is 12.1. The lowest BCUT2D eigenvalue weighted by Crippen LogP contribution is -2.08. The minimum atomic E-state index is 0.00828. The van der Waals surface area contributed by atoms with Crippen LogP contribution in [0.2, 0.25) is 0 Å². The SMILES string of the molecule is C[C@H]1CCCCCCCCCCCOC(=O)CC1.